The Bertz CT molecular complexity index is 1400. The van der Waals surface area contributed by atoms with Crippen LogP contribution in [0.25, 0.3) is 10.9 Å². The predicted octanol–water partition coefficient (Wildman–Crippen LogP) is 2.79. The molecule has 4 heterocycles. The molecule has 3 amide bonds. The molecule has 2 aliphatic heterocycles. The molecule has 12 heteroatoms. The second-order valence-corrected chi connectivity index (χ2v) is 10.2. The average molecular weight is 551 g/mol. The third-order valence-corrected chi connectivity index (χ3v) is 7.34. The first-order valence-corrected chi connectivity index (χ1v) is 13.4. The monoisotopic (exact) mass is 550 g/mol. The molecule has 0 bridgehead atoms. The van der Waals surface area contributed by atoms with E-state index >= 15 is 0 Å². The van der Waals surface area contributed by atoms with E-state index in [0.717, 1.165) is 6.42 Å². The van der Waals surface area contributed by atoms with Crippen molar-refractivity contribution in [3.05, 3.63) is 36.3 Å². The Morgan fingerprint density at radius 2 is 1.75 bits per heavy atom. The molecule has 12 nitrogen and oxygen atoms in total. The number of benzene rings is 1. The van der Waals surface area contributed by atoms with Crippen molar-refractivity contribution in [2.75, 3.05) is 57.2 Å². The number of likely N-dealkylation sites (tertiary alicyclic amines) is 1. The van der Waals surface area contributed by atoms with Crippen molar-refractivity contribution in [1.29, 1.82) is 0 Å². The van der Waals surface area contributed by atoms with Gasteiger partial charge in [-0.2, -0.15) is 4.98 Å². The minimum Gasteiger partial charge on any atom is -0.493 e. The standard InChI is InChI=1S/C28H34N6O6/c1-17(2)26(36)34-9-5-7-20(34)25(35)30-24-18-15-22(38-3)23(39-4)16-19(18)29-28(31-24)33-12-10-32(11-13-33)27(37)21-8-6-14-40-21/h6,8,14-17,20H,5,7,9-13H2,1-4H3,(H,29,30,31,35). The maximum atomic E-state index is 13.5. The van der Waals surface area contributed by atoms with Gasteiger partial charge in [-0.15, -0.1) is 0 Å². The first-order chi connectivity index (χ1) is 19.3. The second kappa shape index (κ2) is 11.4. The van der Waals surface area contributed by atoms with Gasteiger partial charge in [-0.05, 0) is 31.0 Å². The van der Waals surface area contributed by atoms with Crippen LogP contribution in [0, 0.1) is 5.92 Å². The van der Waals surface area contributed by atoms with Crippen molar-refractivity contribution >= 4 is 40.4 Å². The Morgan fingerprint density at radius 3 is 2.40 bits per heavy atom. The van der Waals surface area contributed by atoms with E-state index in [1.54, 1.807) is 41.2 Å². The molecule has 3 aromatic rings. The van der Waals surface area contributed by atoms with Crippen LogP contribution in [0.3, 0.4) is 0 Å². The van der Waals surface area contributed by atoms with Crippen LogP contribution in [-0.4, -0.2) is 90.5 Å². The Labute approximate surface area is 232 Å². The number of carbonyl (C=O) groups is 3. The zero-order valence-electron chi connectivity index (χ0n) is 23.2. The first-order valence-electron chi connectivity index (χ1n) is 13.4. The van der Waals surface area contributed by atoms with E-state index in [2.05, 4.69) is 5.32 Å². The zero-order chi connectivity index (χ0) is 28.4. The van der Waals surface area contributed by atoms with E-state index in [1.165, 1.54) is 13.4 Å². The second-order valence-electron chi connectivity index (χ2n) is 10.2. The summed E-state index contributed by atoms with van der Waals surface area (Å²) in [4.78, 5) is 53.8. The quantitative estimate of drug-likeness (QED) is 0.472. The van der Waals surface area contributed by atoms with Crippen LogP contribution in [0.1, 0.15) is 37.2 Å². The molecule has 2 aliphatic rings. The van der Waals surface area contributed by atoms with Crippen LogP contribution in [-0.2, 0) is 9.59 Å². The number of fused-ring (bicyclic) bond motifs is 1. The molecule has 2 aromatic heterocycles. The first kappa shape index (κ1) is 27.2. The van der Waals surface area contributed by atoms with Crippen molar-refractivity contribution < 1.29 is 28.3 Å². The fourth-order valence-electron chi connectivity index (χ4n) is 5.18. The SMILES string of the molecule is COc1cc2nc(N3CCN(C(=O)c4ccco4)CC3)nc(NC(=O)C3CCCN3C(=O)C(C)C)c2cc1OC. The van der Waals surface area contributed by atoms with E-state index < -0.39 is 6.04 Å². The largest absolute Gasteiger partial charge is 0.493 e. The minimum atomic E-state index is -0.570. The maximum Gasteiger partial charge on any atom is 0.289 e. The van der Waals surface area contributed by atoms with Crippen molar-refractivity contribution in [3.63, 3.8) is 0 Å². The van der Waals surface area contributed by atoms with Crippen molar-refractivity contribution in [1.82, 2.24) is 19.8 Å². The zero-order valence-corrected chi connectivity index (χ0v) is 23.2. The molecule has 1 N–H and O–H groups in total. The fraction of sp³-hybridized carbons (Fsp3) is 0.464. The Hall–Kier alpha value is -4.35. The molecule has 40 heavy (non-hydrogen) atoms. The van der Waals surface area contributed by atoms with Gasteiger partial charge in [0.15, 0.2) is 17.3 Å². The van der Waals surface area contributed by atoms with Crippen LogP contribution in [0.15, 0.2) is 34.9 Å². The number of carbonyl (C=O) groups excluding carboxylic acids is 3. The van der Waals surface area contributed by atoms with Gasteiger partial charge in [0.2, 0.25) is 17.8 Å². The highest BCUT2D eigenvalue weighted by molar-refractivity contribution is 6.04. The highest BCUT2D eigenvalue weighted by atomic mass is 16.5. The van der Waals surface area contributed by atoms with E-state index in [9.17, 15) is 14.4 Å². The highest BCUT2D eigenvalue weighted by Gasteiger charge is 2.35. The van der Waals surface area contributed by atoms with Gasteiger partial charge in [0.05, 0.1) is 26.0 Å². The van der Waals surface area contributed by atoms with Gasteiger partial charge in [0.25, 0.3) is 5.91 Å². The van der Waals surface area contributed by atoms with Crippen LogP contribution in [0.4, 0.5) is 11.8 Å². The number of ether oxygens (including phenoxy) is 2. The van der Waals surface area contributed by atoms with Gasteiger partial charge in [-0.3, -0.25) is 14.4 Å². The molecular weight excluding hydrogens is 516 g/mol. The van der Waals surface area contributed by atoms with Gasteiger partial charge < -0.3 is 33.9 Å². The lowest BCUT2D eigenvalue weighted by Crippen LogP contribution is -2.49. The van der Waals surface area contributed by atoms with Crippen LogP contribution in [0.2, 0.25) is 0 Å². The lowest BCUT2D eigenvalue weighted by molar-refractivity contribution is -0.139. The normalized spacial score (nSPS) is 17.4. The Balaban J connectivity index is 1.44. The van der Waals surface area contributed by atoms with Crippen molar-refractivity contribution in [2.24, 2.45) is 5.92 Å². The van der Waals surface area contributed by atoms with E-state index in [1.807, 2.05) is 18.7 Å². The number of rotatable bonds is 7. The van der Waals surface area contributed by atoms with Crippen molar-refractivity contribution in [3.8, 4) is 11.5 Å². The number of amides is 3. The summed E-state index contributed by atoms with van der Waals surface area (Å²) in [6.07, 6.45) is 2.83. The Kier molecular flexibility index (Phi) is 7.76. The molecule has 1 unspecified atom stereocenters. The van der Waals surface area contributed by atoms with Gasteiger partial charge >= 0.3 is 0 Å². The number of nitrogens with zero attached hydrogens (tertiary/aromatic N) is 5. The van der Waals surface area contributed by atoms with Crippen LogP contribution in [0.5, 0.6) is 11.5 Å². The number of methoxy groups -OCH3 is 2. The molecule has 5 rings (SSSR count). The molecule has 1 aromatic carbocycles. The van der Waals surface area contributed by atoms with Crippen LogP contribution >= 0.6 is 0 Å². The number of anilines is 2. The third kappa shape index (κ3) is 5.25. The smallest absolute Gasteiger partial charge is 0.289 e. The van der Waals surface area contributed by atoms with E-state index in [-0.39, 0.29) is 23.6 Å². The molecule has 0 saturated carbocycles. The molecule has 0 radical (unpaired) electrons. The lowest BCUT2D eigenvalue weighted by atomic mass is 10.1. The van der Waals surface area contributed by atoms with Crippen molar-refractivity contribution in [2.45, 2.75) is 32.7 Å². The molecule has 2 saturated heterocycles. The molecule has 212 valence electrons. The fourth-order valence-corrected chi connectivity index (χ4v) is 5.18. The summed E-state index contributed by atoms with van der Waals surface area (Å²) < 4.78 is 16.2. The van der Waals surface area contributed by atoms with Gasteiger partial charge in [-0.25, -0.2) is 4.98 Å². The number of furan rings is 1. The Morgan fingerprint density at radius 1 is 1.02 bits per heavy atom. The highest BCUT2D eigenvalue weighted by Crippen LogP contribution is 2.35. The van der Waals surface area contributed by atoms with Gasteiger partial charge in [0.1, 0.15) is 11.9 Å². The molecule has 2 fully saturated rings. The van der Waals surface area contributed by atoms with E-state index in [0.29, 0.717) is 79.1 Å². The topological polar surface area (TPSA) is 130 Å². The average Bonchev–Trinajstić information content (AvgIpc) is 3.68. The molecule has 1 atom stereocenters. The maximum absolute atomic E-state index is 13.5. The number of aromatic nitrogens is 2. The third-order valence-electron chi connectivity index (χ3n) is 7.34. The number of nitrogens with one attached hydrogen (secondary N) is 1. The summed E-state index contributed by atoms with van der Waals surface area (Å²) >= 11 is 0. The summed E-state index contributed by atoms with van der Waals surface area (Å²) in [6, 6.07) is 6.25. The van der Waals surface area contributed by atoms with Gasteiger partial charge in [0, 0.05) is 50.1 Å². The lowest BCUT2D eigenvalue weighted by Gasteiger charge is -2.34. The van der Waals surface area contributed by atoms with Crippen LogP contribution < -0.4 is 19.7 Å². The molecular formula is C28H34N6O6. The number of hydrogen-bond acceptors (Lipinski definition) is 9. The molecule has 0 aliphatic carbocycles. The summed E-state index contributed by atoms with van der Waals surface area (Å²) in [7, 11) is 3.08. The minimum absolute atomic E-state index is 0.0424. The summed E-state index contributed by atoms with van der Waals surface area (Å²) in [6.45, 7) is 6.14. The summed E-state index contributed by atoms with van der Waals surface area (Å²) in [5, 5.41) is 3.56. The molecule has 0 spiro atoms. The van der Waals surface area contributed by atoms with Gasteiger partial charge in [-0.1, -0.05) is 13.8 Å². The number of hydrogen-bond donors (Lipinski definition) is 1. The number of piperazine rings is 1. The summed E-state index contributed by atoms with van der Waals surface area (Å²) in [5.41, 5.74) is 0.563. The predicted molar refractivity (Wildman–Crippen MR) is 148 cm³/mol. The summed E-state index contributed by atoms with van der Waals surface area (Å²) in [5.74, 6) is 1.32. The van der Waals surface area contributed by atoms with E-state index in [4.69, 9.17) is 23.9 Å².